The van der Waals surface area contributed by atoms with E-state index in [2.05, 4.69) is 10.3 Å². The van der Waals surface area contributed by atoms with Crippen LogP contribution in [0.25, 0.3) is 10.9 Å². The summed E-state index contributed by atoms with van der Waals surface area (Å²) in [6.45, 7) is 3.95. The van der Waals surface area contributed by atoms with Crippen LogP contribution in [0.1, 0.15) is 46.1 Å². The maximum absolute atomic E-state index is 13.0. The number of aromatic nitrogens is 2. The Morgan fingerprint density at radius 3 is 2.63 bits per heavy atom. The number of aryl methyl sites for hydroxylation is 3. The summed E-state index contributed by atoms with van der Waals surface area (Å²) in [4.78, 5) is 30.4. The second kappa shape index (κ2) is 6.65. The highest BCUT2D eigenvalue weighted by Crippen LogP contribution is 2.40. The molecule has 1 aliphatic rings. The Kier molecular flexibility index (Phi) is 4.30. The van der Waals surface area contributed by atoms with Gasteiger partial charge in [0.15, 0.2) is 0 Å². The van der Waals surface area contributed by atoms with Crippen molar-refractivity contribution in [2.24, 2.45) is 13.0 Å². The van der Waals surface area contributed by atoms with Gasteiger partial charge in [0.1, 0.15) is 5.56 Å². The second-order valence-electron chi connectivity index (χ2n) is 7.55. The van der Waals surface area contributed by atoms with Gasteiger partial charge in [-0.2, -0.15) is 0 Å². The molecule has 3 aromatic rings. The number of nitrogens with one attached hydrogen (secondary N) is 1. The first-order chi connectivity index (χ1) is 12.9. The highest BCUT2D eigenvalue weighted by Gasteiger charge is 2.35. The number of hydrogen-bond donors (Lipinski definition) is 1. The molecule has 4 rings (SSSR count). The number of fused-ring (bicyclic) bond motifs is 1. The Labute approximate surface area is 158 Å². The molecule has 1 fully saturated rings. The molecule has 1 aliphatic carbocycles. The third-order valence-corrected chi connectivity index (χ3v) is 5.22. The number of hydrogen-bond acceptors (Lipinski definition) is 3. The maximum Gasteiger partial charge on any atom is 0.257 e. The van der Waals surface area contributed by atoms with Crippen LogP contribution in [0.5, 0.6) is 0 Å². The van der Waals surface area contributed by atoms with Gasteiger partial charge >= 0.3 is 0 Å². The molecule has 1 N–H and O–H groups in total. The van der Waals surface area contributed by atoms with Crippen LogP contribution in [-0.4, -0.2) is 15.5 Å². The van der Waals surface area contributed by atoms with Crippen LogP contribution >= 0.6 is 0 Å². The minimum Gasteiger partial charge on any atom is -0.350 e. The summed E-state index contributed by atoms with van der Waals surface area (Å²) < 4.78 is 1.84. The molecule has 1 atom stereocenters. The summed E-state index contributed by atoms with van der Waals surface area (Å²) in [6.07, 6.45) is 5.53. The summed E-state index contributed by atoms with van der Waals surface area (Å²) in [5.41, 5.74) is 3.74. The fraction of sp³-hybridized carbons (Fsp3) is 0.318. The van der Waals surface area contributed by atoms with E-state index in [0.717, 1.165) is 35.2 Å². The van der Waals surface area contributed by atoms with Crippen molar-refractivity contribution in [3.63, 3.8) is 0 Å². The average molecular weight is 361 g/mol. The van der Waals surface area contributed by atoms with Gasteiger partial charge in [-0.15, -0.1) is 0 Å². The third-order valence-electron chi connectivity index (χ3n) is 5.22. The van der Waals surface area contributed by atoms with E-state index < -0.39 is 0 Å². The molecule has 5 heteroatoms. The number of amides is 1. The second-order valence-corrected chi connectivity index (χ2v) is 7.55. The summed E-state index contributed by atoms with van der Waals surface area (Å²) in [5, 5.41) is 3.64. The molecule has 138 valence electrons. The summed E-state index contributed by atoms with van der Waals surface area (Å²) in [5.74, 6) is 0.0500. The van der Waals surface area contributed by atoms with E-state index in [1.807, 2.05) is 55.8 Å². The molecule has 0 radical (unpaired) electrons. The Balaban J connectivity index is 1.72. The third kappa shape index (κ3) is 3.37. The first kappa shape index (κ1) is 17.5. The van der Waals surface area contributed by atoms with E-state index in [9.17, 15) is 9.59 Å². The van der Waals surface area contributed by atoms with E-state index in [4.69, 9.17) is 0 Å². The molecule has 0 bridgehead atoms. The van der Waals surface area contributed by atoms with E-state index in [1.165, 1.54) is 0 Å². The number of rotatable bonds is 4. The van der Waals surface area contributed by atoms with Crippen molar-refractivity contribution in [1.82, 2.24) is 14.9 Å². The molecular weight excluding hydrogens is 338 g/mol. The molecule has 2 aromatic heterocycles. The molecule has 27 heavy (non-hydrogen) atoms. The first-order valence-corrected chi connectivity index (χ1v) is 9.27. The van der Waals surface area contributed by atoms with Gasteiger partial charge in [-0.05, 0) is 62.4 Å². The molecule has 5 nitrogen and oxygen atoms in total. The molecule has 0 spiro atoms. The van der Waals surface area contributed by atoms with Crippen molar-refractivity contribution in [2.75, 3.05) is 0 Å². The van der Waals surface area contributed by atoms with Crippen LogP contribution in [0.2, 0.25) is 0 Å². The van der Waals surface area contributed by atoms with Crippen molar-refractivity contribution in [2.45, 2.75) is 32.7 Å². The highest BCUT2D eigenvalue weighted by molar-refractivity contribution is 5.97. The van der Waals surface area contributed by atoms with Crippen molar-refractivity contribution >= 4 is 16.8 Å². The molecular formula is C22H23N3O2. The predicted octanol–water partition coefficient (Wildman–Crippen LogP) is 3.43. The van der Waals surface area contributed by atoms with Gasteiger partial charge in [-0.3, -0.25) is 14.6 Å². The quantitative estimate of drug-likeness (QED) is 0.774. The minimum absolute atomic E-state index is 0.157. The van der Waals surface area contributed by atoms with Crippen LogP contribution in [0.15, 0.2) is 47.5 Å². The van der Waals surface area contributed by atoms with Gasteiger partial charge in [0.2, 0.25) is 5.43 Å². The van der Waals surface area contributed by atoms with Crippen molar-refractivity contribution in [3.05, 3.63) is 75.3 Å². The largest absolute Gasteiger partial charge is 0.350 e. The molecule has 1 aromatic carbocycles. The fourth-order valence-corrected chi connectivity index (χ4v) is 3.58. The Morgan fingerprint density at radius 1 is 1.19 bits per heavy atom. The van der Waals surface area contributed by atoms with E-state index in [1.54, 1.807) is 12.4 Å². The first-order valence-electron chi connectivity index (χ1n) is 9.27. The smallest absolute Gasteiger partial charge is 0.257 e. The molecule has 0 saturated heterocycles. The lowest BCUT2D eigenvalue weighted by Crippen LogP contribution is -2.34. The topological polar surface area (TPSA) is 64.0 Å². The normalized spacial score (nSPS) is 14.9. The highest BCUT2D eigenvalue weighted by atomic mass is 16.2. The fourth-order valence-electron chi connectivity index (χ4n) is 3.58. The van der Waals surface area contributed by atoms with Gasteiger partial charge in [0.05, 0.1) is 17.3 Å². The van der Waals surface area contributed by atoms with Crippen LogP contribution in [-0.2, 0) is 7.05 Å². The maximum atomic E-state index is 13.0. The molecule has 2 heterocycles. The van der Waals surface area contributed by atoms with Crippen molar-refractivity contribution < 1.29 is 4.79 Å². The molecule has 0 unspecified atom stereocenters. The van der Waals surface area contributed by atoms with Crippen LogP contribution in [0, 0.1) is 19.8 Å². The number of benzene rings is 1. The number of nitrogens with zero attached hydrogens (tertiary/aromatic N) is 2. The number of pyridine rings is 2. The minimum atomic E-state index is -0.334. The lowest BCUT2D eigenvalue weighted by Gasteiger charge is -2.19. The van der Waals surface area contributed by atoms with Crippen LogP contribution in [0.3, 0.4) is 0 Å². The molecule has 0 aliphatic heterocycles. The number of carbonyl (C=O) groups is 1. The van der Waals surface area contributed by atoms with Crippen molar-refractivity contribution in [1.29, 1.82) is 0 Å². The zero-order chi connectivity index (χ0) is 19.1. The van der Waals surface area contributed by atoms with Gasteiger partial charge in [0, 0.05) is 24.8 Å². The molecule has 1 saturated carbocycles. The van der Waals surface area contributed by atoms with Crippen LogP contribution in [0.4, 0.5) is 0 Å². The predicted molar refractivity (Wildman–Crippen MR) is 106 cm³/mol. The summed E-state index contributed by atoms with van der Waals surface area (Å²) in [7, 11) is 1.86. The Hall–Kier alpha value is -2.95. The lowest BCUT2D eigenvalue weighted by molar-refractivity contribution is 0.0929. The Morgan fingerprint density at radius 2 is 1.93 bits per heavy atom. The summed E-state index contributed by atoms with van der Waals surface area (Å²) >= 11 is 0. The Bertz CT molecular complexity index is 1100. The monoisotopic (exact) mass is 361 g/mol. The standard InChI is InChI=1S/C22H23N3O2/c1-13-4-7-19-16(10-13)21(26)17(12-25(19)3)22(27)24-20(15-5-6-15)18-11-14(2)8-9-23-18/h4,7-12,15,20H,5-6H2,1-3H3,(H,24,27)/t20-/m0/s1. The van der Waals surface area contributed by atoms with Gasteiger partial charge < -0.3 is 9.88 Å². The van der Waals surface area contributed by atoms with Gasteiger partial charge in [0.25, 0.3) is 5.91 Å². The van der Waals surface area contributed by atoms with E-state index in [0.29, 0.717) is 11.3 Å². The SMILES string of the molecule is Cc1ccnc([C@@H](NC(=O)c2cn(C)c3ccc(C)cc3c2=O)C2CC2)c1. The van der Waals surface area contributed by atoms with Gasteiger partial charge in [-0.1, -0.05) is 11.6 Å². The average Bonchev–Trinajstić information content (AvgIpc) is 3.47. The number of carbonyl (C=O) groups excluding carboxylic acids is 1. The molecule has 1 amide bonds. The van der Waals surface area contributed by atoms with E-state index in [-0.39, 0.29) is 22.9 Å². The van der Waals surface area contributed by atoms with E-state index >= 15 is 0 Å². The van der Waals surface area contributed by atoms with Gasteiger partial charge in [-0.25, -0.2) is 0 Å². The zero-order valence-corrected chi connectivity index (χ0v) is 15.8. The zero-order valence-electron chi connectivity index (χ0n) is 15.8. The summed E-state index contributed by atoms with van der Waals surface area (Å²) in [6, 6.07) is 9.51. The lowest BCUT2D eigenvalue weighted by atomic mass is 10.0. The van der Waals surface area contributed by atoms with Crippen LogP contribution < -0.4 is 10.7 Å². The van der Waals surface area contributed by atoms with Crippen molar-refractivity contribution in [3.8, 4) is 0 Å².